The summed E-state index contributed by atoms with van der Waals surface area (Å²) in [6.45, 7) is 8.96. The Kier molecular flexibility index (Phi) is 7.32. The van der Waals surface area contributed by atoms with E-state index in [9.17, 15) is 14.7 Å². The van der Waals surface area contributed by atoms with Gasteiger partial charge in [-0.2, -0.15) is 0 Å². The van der Waals surface area contributed by atoms with E-state index in [4.69, 9.17) is 5.11 Å². The van der Waals surface area contributed by atoms with Crippen LogP contribution < -0.4 is 0 Å². The molecule has 166 valence electrons. The van der Waals surface area contributed by atoms with Gasteiger partial charge < -0.3 is 10.2 Å². The summed E-state index contributed by atoms with van der Waals surface area (Å²) in [5.74, 6) is 4.45. The van der Waals surface area contributed by atoms with Crippen molar-refractivity contribution < 1.29 is 19.8 Å². The molecule has 0 saturated heterocycles. The van der Waals surface area contributed by atoms with E-state index < -0.39 is 11.9 Å². The molecule has 0 heterocycles. The summed E-state index contributed by atoms with van der Waals surface area (Å²) in [6.07, 6.45) is 10.3. The quantitative estimate of drug-likeness (QED) is 0.571. The average Bonchev–Trinajstić information content (AvgIpc) is 3.39. The Labute approximate surface area is 176 Å². The molecule has 10 atom stereocenters. The van der Waals surface area contributed by atoms with Gasteiger partial charge in [-0.25, -0.2) is 0 Å². The normalized spacial score (nSPS) is 45.0. The van der Waals surface area contributed by atoms with E-state index in [0.717, 1.165) is 61.7 Å². The van der Waals surface area contributed by atoms with Crippen LogP contribution in [0.15, 0.2) is 0 Å². The van der Waals surface area contributed by atoms with Crippen LogP contribution in [0.25, 0.3) is 0 Å². The van der Waals surface area contributed by atoms with Crippen LogP contribution in [-0.4, -0.2) is 22.2 Å². The molecule has 29 heavy (non-hydrogen) atoms. The van der Waals surface area contributed by atoms with Crippen molar-refractivity contribution in [3.63, 3.8) is 0 Å². The zero-order valence-corrected chi connectivity index (χ0v) is 18.8. The first-order valence-electron chi connectivity index (χ1n) is 12.2. The van der Waals surface area contributed by atoms with Crippen molar-refractivity contribution in [1.29, 1.82) is 0 Å². The van der Waals surface area contributed by atoms with Gasteiger partial charge in [0.05, 0.1) is 11.8 Å². The molecular weight excluding hydrogens is 364 g/mol. The van der Waals surface area contributed by atoms with Crippen molar-refractivity contribution in [2.75, 3.05) is 0 Å². The summed E-state index contributed by atoms with van der Waals surface area (Å²) in [5.41, 5.74) is 0. The van der Waals surface area contributed by atoms with E-state index in [0.29, 0.717) is 17.8 Å². The van der Waals surface area contributed by atoms with Crippen LogP contribution in [0.3, 0.4) is 0 Å². The van der Waals surface area contributed by atoms with Crippen LogP contribution in [0.1, 0.15) is 85.5 Å². The number of carbonyl (C=O) groups is 2. The largest absolute Gasteiger partial charge is 0.481 e. The minimum absolute atomic E-state index is 0.00842. The molecule has 0 radical (unpaired) electrons. The molecule has 0 aromatic heterocycles. The van der Waals surface area contributed by atoms with Crippen LogP contribution in [0, 0.1) is 59.2 Å². The monoisotopic (exact) mass is 406 g/mol. The maximum atomic E-state index is 11.3. The molecule has 4 aliphatic carbocycles. The Morgan fingerprint density at radius 2 is 1.38 bits per heavy atom. The summed E-state index contributed by atoms with van der Waals surface area (Å²) in [6, 6.07) is 0. The Bertz CT molecular complexity index is 587. The fourth-order valence-corrected chi connectivity index (χ4v) is 8.11. The number of carboxylic acids is 2. The predicted octanol–water partition coefficient (Wildman–Crippen LogP) is 5.95. The Morgan fingerprint density at radius 3 is 1.97 bits per heavy atom. The summed E-state index contributed by atoms with van der Waals surface area (Å²) in [4.78, 5) is 22.2. The second kappa shape index (κ2) is 9.39. The molecule has 0 aromatic carbocycles. The highest BCUT2D eigenvalue weighted by molar-refractivity contribution is 5.71. The number of aliphatic carboxylic acids is 2. The summed E-state index contributed by atoms with van der Waals surface area (Å²) >= 11 is 0. The number of carboxylic acid groups (broad SMARTS) is 2. The first-order chi connectivity index (χ1) is 13.8. The van der Waals surface area contributed by atoms with Gasteiger partial charge in [0.2, 0.25) is 0 Å². The van der Waals surface area contributed by atoms with Crippen LogP contribution in [0.2, 0.25) is 0 Å². The second-order valence-electron chi connectivity index (χ2n) is 10.8. The molecule has 4 nitrogen and oxygen atoms in total. The lowest BCUT2D eigenvalue weighted by atomic mass is 9.71. The van der Waals surface area contributed by atoms with Crippen LogP contribution in [0.4, 0.5) is 0 Å². The van der Waals surface area contributed by atoms with Gasteiger partial charge in [-0.05, 0) is 85.9 Å². The fourth-order valence-electron chi connectivity index (χ4n) is 8.11. The third kappa shape index (κ3) is 4.51. The maximum Gasteiger partial charge on any atom is 0.306 e. The van der Waals surface area contributed by atoms with Gasteiger partial charge in [-0.15, -0.1) is 0 Å². The molecule has 0 spiro atoms. The zero-order valence-electron chi connectivity index (χ0n) is 18.8. The number of rotatable bonds is 6. The van der Waals surface area contributed by atoms with Crippen molar-refractivity contribution in [2.24, 2.45) is 59.2 Å². The summed E-state index contributed by atoms with van der Waals surface area (Å²) in [5, 5.41) is 18.3. The van der Waals surface area contributed by atoms with Crippen molar-refractivity contribution in [3.05, 3.63) is 0 Å². The zero-order chi connectivity index (χ0) is 21.3. The molecule has 0 aromatic rings. The lowest BCUT2D eigenvalue weighted by Gasteiger charge is -2.33. The lowest BCUT2D eigenvalue weighted by molar-refractivity contribution is -0.145. The topological polar surface area (TPSA) is 74.6 Å². The minimum atomic E-state index is -0.585. The molecule has 4 saturated carbocycles. The van der Waals surface area contributed by atoms with Gasteiger partial charge in [0.15, 0.2) is 0 Å². The van der Waals surface area contributed by atoms with Gasteiger partial charge in [-0.3, -0.25) is 9.59 Å². The number of fused-ring (bicyclic) bond motifs is 5. The van der Waals surface area contributed by atoms with Gasteiger partial charge in [0.1, 0.15) is 0 Å². The van der Waals surface area contributed by atoms with E-state index in [1.165, 1.54) is 25.7 Å². The molecule has 2 N–H and O–H groups in total. The van der Waals surface area contributed by atoms with Crippen LogP contribution in [0.5, 0.6) is 0 Å². The summed E-state index contributed by atoms with van der Waals surface area (Å²) in [7, 11) is 0. The van der Waals surface area contributed by atoms with Gasteiger partial charge >= 0.3 is 11.9 Å². The molecule has 0 amide bonds. The SMILES string of the molecule is CCCC1CC(C)C2C3CC(C(=O)O)C(C3)C12.CCCC1CC(C)CC1C(=O)O. The highest BCUT2D eigenvalue weighted by Gasteiger charge is 2.60. The van der Waals surface area contributed by atoms with E-state index in [1.807, 2.05) is 0 Å². The third-order valence-corrected chi connectivity index (χ3v) is 8.89. The average molecular weight is 407 g/mol. The number of hydrogen-bond donors (Lipinski definition) is 2. The first-order valence-corrected chi connectivity index (χ1v) is 12.2. The highest BCUT2D eigenvalue weighted by Crippen LogP contribution is 2.65. The molecule has 4 aliphatic rings. The van der Waals surface area contributed by atoms with E-state index in [1.54, 1.807) is 0 Å². The van der Waals surface area contributed by atoms with Crippen molar-refractivity contribution >= 4 is 11.9 Å². The first kappa shape index (κ1) is 22.6. The Hall–Kier alpha value is -1.06. The maximum absolute atomic E-state index is 11.3. The summed E-state index contributed by atoms with van der Waals surface area (Å²) < 4.78 is 0. The van der Waals surface area contributed by atoms with Crippen molar-refractivity contribution in [3.8, 4) is 0 Å². The molecule has 4 fully saturated rings. The minimum Gasteiger partial charge on any atom is -0.481 e. The molecule has 4 heteroatoms. The molecular formula is C25H42O4. The van der Waals surface area contributed by atoms with Crippen LogP contribution >= 0.6 is 0 Å². The standard InChI is InChI=1S/C15H24O2.C10H18O2/c1-3-4-9-5-8(2)13-10-6-11(14(9)13)12(7-10)15(16)17;1-3-4-8-5-7(2)6-9(8)10(11)12/h8-14H,3-7H2,1-2H3,(H,16,17);7-9H,3-6H2,1-2H3,(H,11,12). The predicted molar refractivity (Wildman–Crippen MR) is 114 cm³/mol. The lowest BCUT2D eigenvalue weighted by Crippen LogP contribution is -2.33. The molecule has 10 unspecified atom stereocenters. The molecule has 2 bridgehead atoms. The van der Waals surface area contributed by atoms with Crippen molar-refractivity contribution in [2.45, 2.75) is 85.5 Å². The van der Waals surface area contributed by atoms with E-state index in [-0.39, 0.29) is 11.8 Å². The second-order valence-corrected chi connectivity index (χ2v) is 10.8. The number of hydrogen-bond acceptors (Lipinski definition) is 2. The fraction of sp³-hybridized carbons (Fsp3) is 0.920. The Morgan fingerprint density at radius 1 is 0.759 bits per heavy atom. The highest BCUT2D eigenvalue weighted by atomic mass is 16.4. The van der Waals surface area contributed by atoms with Crippen molar-refractivity contribution in [1.82, 2.24) is 0 Å². The molecule has 0 aliphatic heterocycles. The van der Waals surface area contributed by atoms with Gasteiger partial charge in [-0.1, -0.05) is 47.0 Å². The van der Waals surface area contributed by atoms with Crippen LogP contribution in [-0.2, 0) is 9.59 Å². The smallest absolute Gasteiger partial charge is 0.306 e. The molecule has 4 rings (SSSR count). The van der Waals surface area contributed by atoms with Gasteiger partial charge in [0, 0.05) is 0 Å². The third-order valence-electron chi connectivity index (χ3n) is 8.89. The van der Waals surface area contributed by atoms with E-state index >= 15 is 0 Å². The Balaban J connectivity index is 0.000000177. The van der Waals surface area contributed by atoms with E-state index in [2.05, 4.69) is 27.7 Å². The van der Waals surface area contributed by atoms with Gasteiger partial charge in [0.25, 0.3) is 0 Å².